The molecule has 2 rings (SSSR count). The summed E-state index contributed by atoms with van der Waals surface area (Å²) in [6.07, 6.45) is 4.70. The summed E-state index contributed by atoms with van der Waals surface area (Å²) in [6.45, 7) is 0.751. The molecule has 88 valence electrons. The number of halogens is 1. The molecule has 0 atom stereocenters. The van der Waals surface area contributed by atoms with E-state index in [4.69, 9.17) is 0 Å². The molecule has 0 aliphatic heterocycles. The van der Waals surface area contributed by atoms with E-state index >= 15 is 0 Å². The van der Waals surface area contributed by atoms with Crippen LogP contribution in [-0.4, -0.2) is 38.3 Å². The minimum absolute atomic E-state index is 0.0279. The lowest BCUT2D eigenvalue weighted by molar-refractivity contribution is 0.0690. The number of rotatable bonds is 4. The van der Waals surface area contributed by atoms with E-state index in [0.717, 1.165) is 24.7 Å². The number of carbonyl (C=O) groups excluding carboxylic acids is 1. The van der Waals surface area contributed by atoms with Crippen molar-refractivity contribution in [1.82, 2.24) is 14.5 Å². The molecule has 6 heteroatoms. The van der Waals surface area contributed by atoms with Gasteiger partial charge < -0.3 is 4.90 Å². The second-order valence-electron chi connectivity index (χ2n) is 3.92. The zero-order valence-electron chi connectivity index (χ0n) is 8.93. The Morgan fingerprint density at radius 1 is 1.56 bits per heavy atom. The fourth-order valence-electron chi connectivity index (χ4n) is 2.16. The van der Waals surface area contributed by atoms with Crippen LogP contribution < -0.4 is 0 Å². The molecular weight excluding hydrogens is 290 g/mol. The van der Waals surface area contributed by atoms with Gasteiger partial charge in [0.1, 0.15) is 0 Å². The fourth-order valence-corrected chi connectivity index (χ4v) is 2.97. The standard InChI is InChI=1S/C10H14BrN3OS/c11-5-6-14(8-3-1-2-4-8)10(15)9-7-16-13-12-9/h7-8H,1-6H2. The molecule has 1 aliphatic rings. The summed E-state index contributed by atoms with van der Waals surface area (Å²) in [5, 5.41) is 6.39. The quantitative estimate of drug-likeness (QED) is 0.802. The Hall–Kier alpha value is -0.490. The van der Waals surface area contributed by atoms with Crippen molar-refractivity contribution in [2.24, 2.45) is 0 Å². The number of amides is 1. The summed E-state index contributed by atoms with van der Waals surface area (Å²) in [7, 11) is 0. The van der Waals surface area contributed by atoms with Gasteiger partial charge in [-0.2, -0.15) is 0 Å². The van der Waals surface area contributed by atoms with Crippen molar-refractivity contribution in [2.45, 2.75) is 31.7 Å². The minimum Gasteiger partial charge on any atom is -0.333 e. The van der Waals surface area contributed by atoms with E-state index in [1.54, 1.807) is 5.38 Å². The molecule has 1 aromatic heterocycles. The van der Waals surface area contributed by atoms with Crippen LogP contribution in [0.3, 0.4) is 0 Å². The van der Waals surface area contributed by atoms with Gasteiger partial charge in [-0.3, -0.25) is 4.79 Å². The number of carbonyl (C=O) groups is 1. The SMILES string of the molecule is O=C(c1csnn1)N(CCBr)C1CCCC1. The van der Waals surface area contributed by atoms with E-state index in [1.807, 2.05) is 4.90 Å². The van der Waals surface area contributed by atoms with Crippen LogP contribution in [0.1, 0.15) is 36.2 Å². The van der Waals surface area contributed by atoms with Crippen LogP contribution in [-0.2, 0) is 0 Å². The lowest BCUT2D eigenvalue weighted by Crippen LogP contribution is -2.40. The van der Waals surface area contributed by atoms with E-state index in [1.165, 1.54) is 24.4 Å². The molecule has 1 aromatic rings. The zero-order chi connectivity index (χ0) is 11.4. The van der Waals surface area contributed by atoms with Crippen molar-refractivity contribution >= 4 is 33.4 Å². The Labute approximate surface area is 107 Å². The van der Waals surface area contributed by atoms with Gasteiger partial charge >= 0.3 is 0 Å². The van der Waals surface area contributed by atoms with Crippen LogP contribution in [0.2, 0.25) is 0 Å². The second kappa shape index (κ2) is 5.72. The van der Waals surface area contributed by atoms with Gasteiger partial charge in [0, 0.05) is 23.3 Å². The third-order valence-corrected chi connectivity index (χ3v) is 3.79. The summed E-state index contributed by atoms with van der Waals surface area (Å²) in [5.74, 6) is 0.0279. The predicted octanol–water partition coefficient (Wildman–Crippen LogP) is 2.32. The Balaban J connectivity index is 2.09. The van der Waals surface area contributed by atoms with E-state index in [-0.39, 0.29) is 5.91 Å². The Kier molecular flexibility index (Phi) is 4.29. The van der Waals surface area contributed by atoms with Crippen LogP contribution in [0.15, 0.2) is 5.38 Å². The maximum absolute atomic E-state index is 12.2. The minimum atomic E-state index is 0.0279. The highest BCUT2D eigenvalue weighted by atomic mass is 79.9. The molecule has 0 aromatic carbocycles. The van der Waals surface area contributed by atoms with Gasteiger partial charge in [0.15, 0.2) is 5.69 Å². The molecule has 1 fully saturated rings. The Morgan fingerprint density at radius 3 is 2.88 bits per heavy atom. The number of nitrogens with zero attached hydrogens (tertiary/aromatic N) is 3. The van der Waals surface area contributed by atoms with Gasteiger partial charge in [0.25, 0.3) is 5.91 Å². The average Bonchev–Trinajstić information content (AvgIpc) is 2.96. The molecule has 0 spiro atoms. The van der Waals surface area contributed by atoms with Crippen LogP contribution in [0, 0.1) is 0 Å². The van der Waals surface area contributed by atoms with Crippen LogP contribution >= 0.6 is 27.5 Å². The number of aromatic nitrogens is 2. The lowest BCUT2D eigenvalue weighted by atomic mass is 10.2. The first kappa shape index (κ1) is 12.0. The maximum atomic E-state index is 12.2. The smallest absolute Gasteiger partial charge is 0.275 e. The number of alkyl halides is 1. The van der Waals surface area contributed by atoms with E-state index in [9.17, 15) is 4.79 Å². The topological polar surface area (TPSA) is 46.1 Å². The highest BCUT2D eigenvalue weighted by Crippen LogP contribution is 2.24. The van der Waals surface area contributed by atoms with Gasteiger partial charge in [-0.1, -0.05) is 33.3 Å². The highest BCUT2D eigenvalue weighted by molar-refractivity contribution is 9.09. The van der Waals surface area contributed by atoms with Crippen LogP contribution in [0.25, 0.3) is 0 Å². The van der Waals surface area contributed by atoms with E-state index in [2.05, 4.69) is 25.5 Å². The first-order valence-electron chi connectivity index (χ1n) is 5.47. The fraction of sp³-hybridized carbons (Fsp3) is 0.700. The second-order valence-corrected chi connectivity index (χ2v) is 5.32. The molecule has 0 radical (unpaired) electrons. The van der Waals surface area contributed by atoms with E-state index < -0.39 is 0 Å². The van der Waals surface area contributed by atoms with Gasteiger partial charge in [0.2, 0.25) is 0 Å². The van der Waals surface area contributed by atoms with Crippen molar-refractivity contribution in [1.29, 1.82) is 0 Å². The Bertz CT molecular complexity index is 338. The number of hydrogen-bond acceptors (Lipinski definition) is 4. The van der Waals surface area contributed by atoms with Crippen LogP contribution in [0.5, 0.6) is 0 Å². The number of hydrogen-bond donors (Lipinski definition) is 0. The summed E-state index contributed by atoms with van der Waals surface area (Å²) < 4.78 is 3.74. The predicted molar refractivity (Wildman–Crippen MR) is 67.0 cm³/mol. The summed E-state index contributed by atoms with van der Waals surface area (Å²) >= 11 is 4.63. The molecule has 1 heterocycles. The van der Waals surface area contributed by atoms with Gasteiger partial charge in [-0.15, -0.1) is 5.10 Å². The van der Waals surface area contributed by atoms with Crippen molar-refractivity contribution in [2.75, 3.05) is 11.9 Å². The maximum Gasteiger partial charge on any atom is 0.275 e. The zero-order valence-corrected chi connectivity index (χ0v) is 11.3. The molecule has 0 saturated heterocycles. The molecule has 16 heavy (non-hydrogen) atoms. The van der Waals surface area contributed by atoms with Crippen molar-refractivity contribution < 1.29 is 4.79 Å². The molecule has 1 saturated carbocycles. The Morgan fingerprint density at radius 2 is 2.31 bits per heavy atom. The van der Waals surface area contributed by atoms with Crippen LogP contribution in [0.4, 0.5) is 0 Å². The van der Waals surface area contributed by atoms with Gasteiger partial charge in [-0.05, 0) is 24.4 Å². The third-order valence-electron chi connectivity index (χ3n) is 2.93. The molecule has 0 N–H and O–H groups in total. The molecular formula is C10H14BrN3OS. The first-order valence-corrected chi connectivity index (χ1v) is 7.42. The first-order chi connectivity index (χ1) is 7.83. The molecule has 0 bridgehead atoms. The molecule has 1 amide bonds. The normalized spacial score (nSPS) is 16.6. The third kappa shape index (κ3) is 2.60. The largest absolute Gasteiger partial charge is 0.333 e. The monoisotopic (exact) mass is 303 g/mol. The van der Waals surface area contributed by atoms with E-state index in [0.29, 0.717) is 11.7 Å². The molecule has 0 unspecified atom stereocenters. The lowest BCUT2D eigenvalue weighted by Gasteiger charge is -2.27. The molecule has 4 nitrogen and oxygen atoms in total. The van der Waals surface area contributed by atoms with Gasteiger partial charge in [-0.25, -0.2) is 0 Å². The van der Waals surface area contributed by atoms with Gasteiger partial charge in [0.05, 0.1) is 0 Å². The summed E-state index contributed by atoms with van der Waals surface area (Å²) in [4.78, 5) is 14.1. The summed E-state index contributed by atoms with van der Waals surface area (Å²) in [5.41, 5.74) is 0.484. The van der Waals surface area contributed by atoms with Crippen molar-refractivity contribution in [3.05, 3.63) is 11.1 Å². The van der Waals surface area contributed by atoms with Crippen molar-refractivity contribution in [3.8, 4) is 0 Å². The highest BCUT2D eigenvalue weighted by Gasteiger charge is 2.27. The molecule has 1 aliphatic carbocycles. The average molecular weight is 304 g/mol. The summed E-state index contributed by atoms with van der Waals surface area (Å²) in [6, 6.07) is 0.395. The van der Waals surface area contributed by atoms with Crippen molar-refractivity contribution in [3.63, 3.8) is 0 Å².